The zero-order valence-corrected chi connectivity index (χ0v) is 8.02. The SMILES string of the molecule is O=c1[nH]c(=O)n(CC(F)(F)F)nc1Br. The maximum absolute atomic E-state index is 11.8. The smallest absolute Gasteiger partial charge is 0.270 e. The van der Waals surface area contributed by atoms with E-state index in [9.17, 15) is 22.8 Å². The van der Waals surface area contributed by atoms with Crippen LogP contribution in [0.1, 0.15) is 0 Å². The molecule has 5 nitrogen and oxygen atoms in total. The van der Waals surface area contributed by atoms with Crippen LogP contribution in [0.4, 0.5) is 13.2 Å². The molecule has 78 valence electrons. The van der Waals surface area contributed by atoms with Gasteiger partial charge in [-0.15, -0.1) is 0 Å². The molecular formula is C5H3BrF3N3O2. The van der Waals surface area contributed by atoms with E-state index in [0.29, 0.717) is 0 Å². The number of alkyl halides is 3. The van der Waals surface area contributed by atoms with E-state index in [0.717, 1.165) is 0 Å². The van der Waals surface area contributed by atoms with E-state index in [4.69, 9.17) is 0 Å². The Morgan fingerprint density at radius 1 is 1.43 bits per heavy atom. The van der Waals surface area contributed by atoms with Gasteiger partial charge in [0.1, 0.15) is 6.54 Å². The fraction of sp³-hybridized carbons (Fsp3) is 0.400. The van der Waals surface area contributed by atoms with Gasteiger partial charge in [-0.3, -0.25) is 9.78 Å². The molecule has 0 fully saturated rings. The lowest BCUT2D eigenvalue weighted by Crippen LogP contribution is -2.36. The van der Waals surface area contributed by atoms with Crippen molar-refractivity contribution in [2.24, 2.45) is 0 Å². The monoisotopic (exact) mass is 273 g/mol. The molecule has 9 heteroatoms. The first-order chi connectivity index (χ1) is 6.29. The van der Waals surface area contributed by atoms with Crippen molar-refractivity contribution in [3.05, 3.63) is 25.4 Å². The second-order valence-electron chi connectivity index (χ2n) is 2.32. The Hall–Kier alpha value is -1.12. The van der Waals surface area contributed by atoms with Gasteiger partial charge in [-0.05, 0) is 15.9 Å². The number of aromatic amines is 1. The molecule has 0 radical (unpaired) electrons. The first-order valence-electron chi connectivity index (χ1n) is 3.23. The van der Waals surface area contributed by atoms with Gasteiger partial charge in [0.15, 0.2) is 4.60 Å². The Morgan fingerprint density at radius 3 is 2.50 bits per heavy atom. The van der Waals surface area contributed by atoms with Crippen LogP contribution in [0.2, 0.25) is 0 Å². The van der Waals surface area contributed by atoms with Gasteiger partial charge in [0.25, 0.3) is 5.56 Å². The predicted molar refractivity (Wildman–Crippen MR) is 42.9 cm³/mol. The van der Waals surface area contributed by atoms with E-state index < -0.39 is 24.0 Å². The fourth-order valence-corrected chi connectivity index (χ4v) is 0.978. The zero-order valence-electron chi connectivity index (χ0n) is 6.43. The first-order valence-corrected chi connectivity index (χ1v) is 4.02. The number of nitrogens with zero attached hydrogens (tertiary/aromatic N) is 2. The molecule has 14 heavy (non-hydrogen) atoms. The average Bonchev–Trinajstić information content (AvgIpc) is 1.97. The molecule has 0 aliphatic rings. The van der Waals surface area contributed by atoms with Gasteiger partial charge in [-0.2, -0.15) is 18.3 Å². The summed E-state index contributed by atoms with van der Waals surface area (Å²) in [5.41, 5.74) is -2.07. The van der Waals surface area contributed by atoms with E-state index in [1.54, 1.807) is 4.98 Å². The topological polar surface area (TPSA) is 67.8 Å². The number of hydrogen-bond donors (Lipinski definition) is 1. The number of halogens is 4. The summed E-state index contributed by atoms with van der Waals surface area (Å²) in [6.45, 7) is -1.54. The molecule has 1 rings (SSSR count). The molecule has 1 aromatic heterocycles. The number of hydrogen-bond acceptors (Lipinski definition) is 3. The van der Waals surface area contributed by atoms with Crippen molar-refractivity contribution in [1.82, 2.24) is 14.8 Å². The van der Waals surface area contributed by atoms with E-state index in [1.807, 2.05) is 0 Å². The summed E-state index contributed by atoms with van der Waals surface area (Å²) in [5, 5.41) is 3.11. The molecular weight excluding hydrogens is 271 g/mol. The van der Waals surface area contributed by atoms with Crippen LogP contribution in [-0.4, -0.2) is 20.9 Å². The summed E-state index contributed by atoms with van der Waals surface area (Å²) in [7, 11) is 0. The number of nitrogens with one attached hydrogen (secondary N) is 1. The molecule has 0 amide bonds. The van der Waals surface area contributed by atoms with Gasteiger partial charge in [0.2, 0.25) is 0 Å². The Balaban J connectivity index is 3.18. The Labute approximate surface area is 82.7 Å². The summed E-state index contributed by atoms with van der Waals surface area (Å²) >= 11 is 2.61. The van der Waals surface area contributed by atoms with Crippen LogP contribution in [0, 0.1) is 0 Å². The highest BCUT2D eigenvalue weighted by Gasteiger charge is 2.29. The molecule has 1 aromatic rings. The molecule has 0 saturated heterocycles. The summed E-state index contributed by atoms with van der Waals surface area (Å²) in [5.74, 6) is 0. The molecule has 1 N–H and O–H groups in total. The maximum atomic E-state index is 11.8. The third-order valence-corrected chi connectivity index (χ3v) is 1.70. The highest BCUT2D eigenvalue weighted by atomic mass is 79.9. The van der Waals surface area contributed by atoms with Crippen molar-refractivity contribution in [3.63, 3.8) is 0 Å². The van der Waals surface area contributed by atoms with E-state index >= 15 is 0 Å². The lowest BCUT2D eigenvalue weighted by atomic mass is 10.6. The van der Waals surface area contributed by atoms with E-state index in [2.05, 4.69) is 21.0 Å². The highest BCUT2D eigenvalue weighted by Crippen LogP contribution is 2.15. The first kappa shape index (κ1) is 11.0. The van der Waals surface area contributed by atoms with Crippen LogP contribution in [0.25, 0.3) is 0 Å². The third kappa shape index (κ3) is 2.69. The van der Waals surface area contributed by atoms with Gasteiger partial charge in [-0.1, -0.05) is 0 Å². The highest BCUT2D eigenvalue weighted by molar-refractivity contribution is 9.10. The molecule has 0 bridgehead atoms. The van der Waals surface area contributed by atoms with Gasteiger partial charge in [0, 0.05) is 0 Å². The molecule has 0 unspecified atom stereocenters. The van der Waals surface area contributed by atoms with Gasteiger partial charge >= 0.3 is 11.9 Å². The minimum absolute atomic E-state index is 0.117. The quantitative estimate of drug-likeness (QED) is 0.798. The summed E-state index contributed by atoms with van der Waals surface area (Å²) in [6.07, 6.45) is -4.56. The van der Waals surface area contributed by atoms with Gasteiger partial charge in [0.05, 0.1) is 0 Å². The zero-order chi connectivity index (χ0) is 10.9. The van der Waals surface area contributed by atoms with Crippen molar-refractivity contribution >= 4 is 15.9 Å². The Morgan fingerprint density at radius 2 is 2.00 bits per heavy atom. The van der Waals surface area contributed by atoms with Gasteiger partial charge in [-0.25, -0.2) is 9.48 Å². The van der Waals surface area contributed by atoms with Crippen LogP contribution >= 0.6 is 15.9 Å². The molecule has 0 aromatic carbocycles. The third-order valence-electron chi connectivity index (χ3n) is 1.18. The second-order valence-corrected chi connectivity index (χ2v) is 3.07. The Bertz CT molecular complexity index is 449. The molecule has 0 spiro atoms. The molecule has 0 saturated carbocycles. The lowest BCUT2D eigenvalue weighted by molar-refractivity contribution is -0.143. The Kier molecular flexibility index (Phi) is 2.79. The van der Waals surface area contributed by atoms with Crippen LogP contribution in [-0.2, 0) is 6.54 Å². The van der Waals surface area contributed by atoms with Gasteiger partial charge < -0.3 is 0 Å². The van der Waals surface area contributed by atoms with Crippen molar-refractivity contribution in [1.29, 1.82) is 0 Å². The maximum Gasteiger partial charge on any atom is 0.408 e. The number of H-pyrrole nitrogens is 1. The number of aromatic nitrogens is 3. The normalized spacial score (nSPS) is 11.7. The lowest BCUT2D eigenvalue weighted by Gasteiger charge is -2.06. The van der Waals surface area contributed by atoms with Crippen LogP contribution in [0.5, 0.6) is 0 Å². The van der Waals surface area contributed by atoms with E-state index in [1.165, 1.54) is 0 Å². The van der Waals surface area contributed by atoms with Crippen LogP contribution in [0.15, 0.2) is 14.2 Å². The second kappa shape index (κ2) is 3.56. The van der Waals surface area contributed by atoms with Crippen molar-refractivity contribution in [3.8, 4) is 0 Å². The molecule has 0 aliphatic heterocycles. The number of rotatable bonds is 1. The summed E-state index contributed by atoms with van der Waals surface area (Å²) in [4.78, 5) is 23.2. The van der Waals surface area contributed by atoms with Crippen molar-refractivity contribution in [2.45, 2.75) is 12.7 Å². The summed E-state index contributed by atoms with van der Waals surface area (Å²) in [6, 6.07) is 0. The standard InChI is InChI=1S/C5H3BrF3N3O2/c6-2-3(13)10-4(14)12(11-2)1-5(7,8)9/h1H2,(H,10,13,14). The average molecular weight is 274 g/mol. The van der Waals surface area contributed by atoms with Crippen LogP contribution in [0.3, 0.4) is 0 Å². The minimum atomic E-state index is -4.56. The summed E-state index contributed by atoms with van der Waals surface area (Å²) < 4.78 is 35.3. The molecule has 0 aliphatic carbocycles. The van der Waals surface area contributed by atoms with Crippen molar-refractivity contribution < 1.29 is 13.2 Å². The van der Waals surface area contributed by atoms with E-state index in [-0.39, 0.29) is 9.28 Å². The minimum Gasteiger partial charge on any atom is -0.270 e. The molecule has 1 heterocycles. The molecule has 0 atom stereocenters. The predicted octanol–water partition coefficient (Wildman–Crippen LogP) is 0.256. The van der Waals surface area contributed by atoms with Crippen LogP contribution < -0.4 is 11.2 Å². The van der Waals surface area contributed by atoms with Crippen molar-refractivity contribution in [2.75, 3.05) is 0 Å². The fourth-order valence-electron chi connectivity index (χ4n) is 0.687. The largest absolute Gasteiger partial charge is 0.408 e.